The molecule has 3 aromatic rings. The minimum Gasteiger partial charge on any atom is -0.394 e. The monoisotopic (exact) mass is 333 g/mol. The number of hydrogen-bond acceptors (Lipinski definition) is 7. The molecule has 3 aromatic heterocycles. The summed E-state index contributed by atoms with van der Waals surface area (Å²) in [6.07, 6.45) is -0.674. The Hall–Kier alpha value is -1.84. The van der Waals surface area contributed by atoms with Crippen molar-refractivity contribution in [1.82, 2.24) is 14.5 Å². The highest BCUT2D eigenvalue weighted by atomic mass is 32.1. The maximum Gasteiger partial charge on any atom is 0.164 e. The number of aromatic nitrogens is 3. The molecular weight excluding hydrogens is 318 g/mol. The van der Waals surface area contributed by atoms with Crippen molar-refractivity contribution in [3.8, 4) is 10.6 Å². The van der Waals surface area contributed by atoms with E-state index in [-0.39, 0.29) is 6.61 Å². The van der Waals surface area contributed by atoms with Crippen LogP contribution in [0.5, 0.6) is 0 Å². The molecule has 0 aliphatic carbocycles. The average molecular weight is 333 g/mol. The van der Waals surface area contributed by atoms with Gasteiger partial charge in [0.15, 0.2) is 6.23 Å². The van der Waals surface area contributed by atoms with Crippen LogP contribution in [0.3, 0.4) is 0 Å². The largest absolute Gasteiger partial charge is 0.394 e. The minimum atomic E-state index is -1.14. The van der Waals surface area contributed by atoms with Gasteiger partial charge in [0.1, 0.15) is 30.3 Å². The molecule has 8 heteroatoms. The molecule has 4 atom stereocenters. The van der Waals surface area contributed by atoms with E-state index in [2.05, 4.69) is 9.97 Å². The molecule has 1 aliphatic rings. The minimum absolute atomic E-state index is 0.358. The predicted octanol–water partition coefficient (Wildman–Crippen LogP) is 0.771. The van der Waals surface area contributed by atoms with Gasteiger partial charge in [-0.05, 0) is 17.5 Å². The van der Waals surface area contributed by atoms with Crippen LogP contribution in [0.15, 0.2) is 36.1 Å². The number of hydrogen-bond donors (Lipinski definition) is 3. The summed E-state index contributed by atoms with van der Waals surface area (Å²) in [4.78, 5) is 9.66. The van der Waals surface area contributed by atoms with Crippen molar-refractivity contribution in [3.05, 3.63) is 36.1 Å². The lowest BCUT2D eigenvalue weighted by Crippen LogP contribution is -2.33. The van der Waals surface area contributed by atoms with Crippen LogP contribution in [-0.4, -0.2) is 54.8 Å². The molecule has 1 aliphatic heterocycles. The van der Waals surface area contributed by atoms with E-state index in [0.29, 0.717) is 5.65 Å². The molecule has 4 heterocycles. The molecule has 0 aromatic carbocycles. The summed E-state index contributed by atoms with van der Waals surface area (Å²) in [5.74, 6) is 0. The van der Waals surface area contributed by atoms with E-state index in [1.54, 1.807) is 22.1 Å². The van der Waals surface area contributed by atoms with Crippen LogP contribution >= 0.6 is 11.3 Å². The van der Waals surface area contributed by atoms with E-state index in [1.807, 2.05) is 23.6 Å². The molecule has 4 rings (SSSR count). The van der Waals surface area contributed by atoms with Crippen molar-refractivity contribution in [2.45, 2.75) is 24.5 Å². The normalized spacial score (nSPS) is 27.8. The third-order valence-electron chi connectivity index (χ3n) is 4.06. The summed E-state index contributed by atoms with van der Waals surface area (Å²) < 4.78 is 7.24. The number of aliphatic hydroxyl groups excluding tert-OH is 3. The second-order valence-electron chi connectivity index (χ2n) is 5.39. The van der Waals surface area contributed by atoms with Gasteiger partial charge in [0.05, 0.1) is 17.2 Å². The highest BCUT2D eigenvalue weighted by Gasteiger charge is 2.43. The van der Waals surface area contributed by atoms with Crippen molar-refractivity contribution in [3.63, 3.8) is 0 Å². The predicted molar refractivity (Wildman–Crippen MR) is 83.9 cm³/mol. The fraction of sp³-hybridized carbons (Fsp3) is 0.333. The second kappa shape index (κ2) is 5.66. The van der Waals surface area contributed by atoms with Crippen LogP contribution in [-0.2, 0) is 4.74 Å². The van der Waals surface area contributed by atoms with E-state index in [9.17, 15) is 15.3 Å². The van der Waals surface area contributed by atoms with E-state index >= 15 is 0 Å². The zero-order chi connectivity index (χ0) is 16.0. The van der Waals surface area contributed by atoms with Gasteiger partial charge in [0.2, 0.25) is 0 Å². The van der Waals surface area contributed by atoms with Gasteiger partial charge >= 0.3 is 0 Å². The molecule has 0 amide bonds. The van der Waals surface area contributed by atoms with Crippen LogP contribution in [0.2, 0.25) is 0 Å². The molecule has 120 valence electrons. The fourth-order valence-corrected chi connectivity index (χ4v) is 3.63. The first kappa shape index (κ1) is 14.7. The molecular formula is C15H15N3O4S. The maximum atomic E-state index is 10.2. The summed E-state index contributed by atoms with van der Waals surface area (Å²) in [5.41, 5.74) is 1.42. The first-order chi connectivity index (χ1) is 11.2. The summed E-state index contributed by atoms with van der Waals surface area (Å²) in [6.45, 7) is -0.358. The smallest absolute Gasteiger partial charge is 0.164 e. The van der Waals surface area contributed by atoms with Crippen molar-refractivity contribution < 1.29 is 20.1 Å². The molecule has 7 nitrogen and oxygen atoms in total. The van der Waals surface area contributed by atoms with Crippen molar-refractivity contribution in [2.24, 2.45) is 0 Å². The Bertz CT molecular complexity index is 819. The Kier molecular flexibility index (Phi) is 3.63. The summed E-state index contributed by atoms with van der Waals surface area (Å²) in [6, 6.07) is 5.80. The molecule has 0 bridgehead atoms. The van der Waals surface area contributed by atoms with Crippen LogP contribution in [0, 0.1) is 0 Å². The number of rotatable bonds is 3. The molecule has 0 unspecified atom stereocenters. The lowest BCUT2D eigenvalue weighted by Gasteiger charge is -2.17. The summed E-state index contributed by atoms with van der Waals surface area (Å²) >= 11 is 1.58. The zero-order valence-electron chi connectivity index (χ0n) is 12.0. The van der Waals surface area contributed by atoms with E-state index < -0.39 is 24.5 Å². The first-order valence-corrected chi connectivity index (χ1v) is 8.06. The molecule has 23 heavy (non-hydrogen) atoms. The highest BCUT2D eigenvalue weighted by molar-refractivity contribution is 7.13. The Morgan fingerprint density at radius 3 is 2.78 bits per heavy atom. The van der Waals surface area contributed by atoms with E-state index in [1.165, 1.54) is 6.33 Å². The number of ether oxygens (including phenoxy) is 1. The van der Waals surface area contributed by atoms with Gasteiger partial charge in [-0.1, -0.05) is 6.07 Å². The van der Waals surface area contributed by atoms with Gasteiger partial charge in [-0.25, -0.2) is 9.97 Å². The molecule has 1 fully saturated rings. The van der Waals surface area contributed by atoms with Crippen molar-refractivity contribution >= 4 is 22.4 Å². The highest BCUT2D eigenvalue weighted by Crippen LogP contribution is 2.34. The van der Waals surface area contributed by atoms with Gasteiger partial charge in [0.25, 0.3) is 0 Å². The fourth-order valence-electron chi connectivity index (χ4n) is 2.90. The number of nitrogens with zero attached hydrogens (tertiary/aromatic N) is 3. The topological polar surface area (TPSA) is 101 Å². The molecule has 3 N–H and O–H groups in total. The van der Waals surface area contributed by atoms with Crippen LogP contribution in [0.4, 0.5) is 0 Å². The third kappa shape index (κ3) is 2.27. The van der Waals surface area contributed by atoms with E-state index in [0.717, 1.165) is 16.0 Å². The molecule has 0 radical (unpaired) electrons. The van der Waals surface area contributed by atoms with Crippen molar-refractivity contribution in [1.29, 1.82) is 0 Å². The molecule has 1 saturated heterocycles. The van der Waals surface area contributed by atoms with Gasteiger partial charge < -0.3 is 24.6 Å². The van der Waals surface area contributed by atoms with Gasteiger partial charge in [0, 0.05) is 11.6 Å². The lowest BCUT2D eigenvalue weighted by atomic mass is 10.1. The van der Waals surface area contributed by atoms with Gasteiger partial charge in [-0.15, -0.1) is 11.3 Å². The maximum absolute atomic E-state index is 10.2. The Balaban J connectivity index is 1.80. The summed E-state index contributed by atoms with van der Waals surface area (Å²) in [7, 11) is 0. The number of aliphatic hydroxyl groups is 3. The Morgan fingerprint density at radius 2 is 2.09 bits per heavy atom. The van der Waals surface area contributed by atoms with Gasteiger partial charge in [-0.3, -0.25) is 0 Å². The van der Waals surface area contributed by atoms with Gasteiger partial charge in [-0.2, -0.15) is 0 Å². The lowest BCUT2D eigenvalue weighted by molar-refractivity contribution is -0.0508. The van der Waals surface area contributed by atoms with Crippen LogP contribution < -0.4 is 0 Å². The number of thiophene rings is 1. The van der Waals surface area contributed by atoms with Crippen LogP contribution in [0.1, 0.15) is 6.23 Å². The van der Waals surface area contributed by atoms with Crippen LogP contribution in [0.25, 0.3) is 21.6 Å². The number of fused-ring (bicyclic) bond motifs is 1. The Labute approximate surface area is 135 Å². The van der Waals surface area contributed by atoms with Crippen molar-refractivity contribution in [2.75, 3.05) is 6.61 Å². The first-order valence-electron chi connectivity index (χ1n) is 7.18. The second-order valence-corrected chi connectivity index (χ2v) is 6.34. The summed E-state index contributed by atoms with van der Waals surface area (Å²) in [5, 5.41) is 32.2. The Morgan fingerprint density at radius 1 is 1.22 bits per heavy atom. The zero-order valence-corrected chi connectivity index (χ0v) is 12.8. The SMILES string of the molecule is OC[C@H]1O[C@@H](n2ccc3c(-c4cccs4)ncnc32)[C@H](O)[C@@H]1O. The van der Waals surface area contributed by atoms with E-state index in [4.69, 9.17) is 4.74 Å². The third-order valence-corrected chi connectivity index (χ3v) is 4.93. The molecule has 0 saturated carbocycles. The quantitative estimate of drug-likeness (QED) is 0.655. The average Bonchev–Trinajstić information content (AvgIpc) is 3.28. The standard InChI is InChI=1S/C15H15N3O4S/c19-6-9-12(20)13(21)15(22-9)18-4-3-8-11(10-2-1-5-23-10)16-7-17-14(8)18/h1-5,7,9,12-13,15,19-21H,6H2/t9-,12-,13-,15-/m1/s1. The molecule has 0 spiro atoms.